The van der Waals surface area contributed by atoms with Crippen molar-refractivity contribution >= 4 is 11.9 Å². The highest BCUT2D eigenvalue weighted by atomic mass is 16.4. The molecule has 0 aromatic rings. The number of nitrogens with one attached hydrogen (secondary N) is 1. The lowest BCUT2D eigenvalue weighted by atomic mass is 10.0. The second kappa shape index (κ2) is 6.40. The number of rotatable bonds is 6. The van der Waals surface area contributed by atoms with Gasteiger partial charge in [0, 0.05) is 0 Å². The number of carbonyl (C=O) groups is 2. The average Bonchev–Trinajstić information content (AvgIpc) is 2.11. The lowest BCUT2D eigenvalue weighted by Gasteiger charge is -2.17. The van der Waals surface area contributed by atoms with Gasteiger partial charge in [-0.2, -0.15) is 0 Å². The molecule has 2 atom stereocenters. The zero-order valence-corrected chi connectivity index (χ0v) is 9.49. The van der Waals surface area contributed by atoms with Crippen LogP contribution in [0.1, 0.15) is 33.6 Å². The van der Waals surface area contributed by atoms with Crippen LogP contribution in [0.5, 0.6) is 0 Å². The second-order valence-corrected chi connectivity index (χ2v) is 4.04. The summed E-state index contributed by atoms with van der Waals surface area (Å²) in [7, 11) is 0. The summed E-state index contributed by atoms with van der Waals surface area (Å²) in [5, 5.41) is 11.1. The smallest absolute Gasteiger partial charge is 0.326 e. The number of carbonyl (C=O) groups excluding carboxylic acids is 1. The molecule has 0 saturated heterocycles. The Balaban J connectivity index is 4.16. The molecule has 4 N–H and O–H groups in total. The Kier molecular flexibility index (Phi) is 5.93. The molecular weight excluding hydrogens is 196 g/mol. The van der Waals surface area contributed by atoms with Crippen LogP contribution in [0.15, 0.2) is 0 Å². The third-order valence-electron chi connectivity index (χ3n) is 2.08. The maximum atomic E-state index is 11.5. The van der Waals surface area contributed by atoms with E-state index in [0.717, 1.165) is 0 Å². The Labute approximate surface area is 90.0 Å². The third-order valence-corrected chi connectivity index (χ3v) is 2.08. The summed E-state index contributed by atoms with van der Waals surface area (Å²) in [6, 6.07) is -1.46. The van der Waals surface area contributed by atoms with Gasteiger partial charge in [0.15, 0.2) is 0 Å². The maximum absolute atomic E-state index is 11.5. The van der Waals surface area contributed by atoms with Crippen molar-refractivity contribution in [2.24, 2.45) is 11.7 Å². The Hall–Kier alpha value is -1.10. The van der Waals surface area contributed by atoms with Crippen LogP contribution in [0.2, 0.25) is 0 Å². The molecule has 0 aromatic carbocycles. The van der Waals surface area contributed by atoms with Crippen molar-refractivity contribution in [3.05, 3.63) is 0 Å². The molecule has 0 bridgehead atoms. The van der Waals surface area contributed by atoms with Crippen LogP contribution < -0.4 is 11.1 Å². The molecule has 0 spiro atoms. The summed E-state index contributed by atoms with van der Waals surface area (Å²) < 4.78 is 0. The van der Waals surface area contributed by atoms with E-state index in [2.05, 4.69) is 5.32 Å². The lowest BCUT2D eigenvalue weighted by molar-refractivity contribution is -0.142. The number of hydrogen-bond donors (Lipinski definition) is 3. The fourth-order valence-electron chi connectivity index (χ4n) is 1.23. The number of aliphatic carboxylic acids is 1. The van der Waals surface area contributed by atoms with Crippen LogP contribution in [-0.4, -0.2) is 29.1 Å². The van der Waals surface area contributed by atoms with Crippen LogP contribution in [0.4, 0.5) is 0 Å². The van der Waals surface area contributed by atoms with Crippen molar-refractivity contribution in [3.63, 3.8) is 0 Å². The molecule has 5 nitrogen and oxygen atoms in total. The van der Waals surface area contributed by atoms with Crippen LogP contribution in [0.25, 0.3) is 0 Å². The largest absolute Gasteiger partial charge is 0.480 e. The summed E-state index contributed by atoms with van der Waals surface area (Å²) in [6.45, 7) is 5.62. The molecule has 1 amide bonds. The molecule has 5 heteroatoms. The highest BCUT2D eigenvalue weighted by Crippen LogP contribution is 2.03. The first-order valence-electron chi connectivity index (χ1n) is 5.17. The Bertz CT molecular complexity index is 229. The van der Waals surface area contributed by atoms with E-state index in [9.17, 15) is 9.59 Å². The highest BCUT2D eigenvalue weighted by Gasteiger charge is 2.21. The summed E-state index contributed by atoms with van der Waals surface area (Å²) in [5.74, 6) is -1.10. The van der Waals surface area contributed by atoms with Gasteiger partial charge in [-0.05, 0) is 18.8 Å². The SMILES string of the molecule is CCC(NC(=O)C(N)CC(C)C)C(=O)O. The Morgan fingerprint density at radius 1 is 1.40 bits per heavy atom. The summed E-state index contributed by atoms with van der Waals surface area (Å²) in [5.41, 5.74) is 5.62. The predicted octanol–water partition coefficient (Wildman–Crippen LogP) is 0.339. The van der Waals surface area contributed by atoms with E-state index in [1.807, 2.05) is 13.8 Å². The number of carboxylic acids is 1. The molecule has 0 aromatic heterocycles. The average molecular weight is 216 g/mol. The molecule has 0 saturated carbocycles. The van der Waals surface area contributed by atoms with Gasteiger partial charge in [-0.15, -0.1) is 0 Å². The monoisotopic (exact) mass is 216 g/mol. The van der Waals surface area contributed by atoms with E-state index >= 15 is 0 Å². The molecule has 0 aliphatic heterocycles. The predicted molar refractivity (Wildman–Crippen MR) is 57.3 cm³/mol. The fourth-order valence-corrected chi connectivity index (χ4v) is 1.23. The molecule has 0 aliphatic carbocycles. The molecule has 0 radical (unpaired) electrons. The summed E-state index contributed by atoms with van der Waals surface area (Å²) in [6.07, 6.45) is 0.914. The Morgan fingerprint density at radius 3 is 2.27 bits per heavy atom. The minimum Gasteiger partial charge on any atom is -0.480 e. The molecule has 0 aliphatic rings. The molecule has 0 fully saturated rings. The minimum absolute atomic E-state index is 0.315. The van der Waals surface area contributed by atoms with Gasteiger partial charge in [-0.25, -0.2) is 4.79 Å². The van der Waals surface area contributed by atoms with E-state index in [4.69, 9.17) is 10.8 Å². The van der Waals surface area contributed by atoms with Crippen molar-refractivity contribution in [1.29, 1.82) is 0 Å². The van der Waals surface area contributed by atoms with Crippen molar-refractivity contribution in [3.8, 4) is 0 Å². The van der Waals surface area contributed by atoms with E-state index in [1.54, 1.807) is 6.92 Å². The van der Waals surface area contributed by atoms with Crippen molar-refractivity contribution in [1.82, 2.24) is 5.32 Å². The van der Waals surface area contributed by atoms with Crippen molar-refractivity contribution in [2.75, 3.05) is 0 Å². The first kappa shape index (κ1) is 13.9. The standard InChI is InChI=1S/C10H20N2O3/c1-4-8(10(14)15)12-9(13)7(11)5-6(2)3/h6-8H,4-5,11H2,1-3H3,(H,12,13)(H,14,15). The number of amides is 1. The number of hydrogen-bond acceptors (Lipinski definition) is 3. The topological polar surface area (TPSA) is 92.4 Å². The van der Waals surface area contributed by atoms with Gasteiger partial charge in [-0.1, -0.05) is 20.8 Å². The first-order chi connectivity index (χ1) is 6.88. The highest BCUT2D eigenvalue weighted by molar-refractivity contribution is 5.86. The summed E-state index contributed by atoms with van der Waals surface area (Å²) in [4.78, 5) is 22.1. The zero-order valence-electron chi connectivity index (χ0n) is 9.49. The molecule has 0 heterocycles. The van der Waals surface area contributed by atoms with Crippen molar-refractivity contribution < 1.29 is 14.7 Å². The van der Waals surface area contributed by atoms with Gasteiger partial charge >= 0.3 is 5.97 Å². The molecule has 0 rings (SSSR count). The maximum Gasteiger partial charge on any atom is 0.326 e. The molecule has 15 heavy (non-hydrogen) atoms. The second-order valence-electron chi connectivity index (χ2n) is 4.04. The Morgan fingerprint density at radius 2 is 1.93 bits per heavy atom. The lowest BCUT2D eigenvalue weighted by Crippen LogP contribution is -2.48. The molecule has 2 unspecified atom stereocenters. The van der Waals surface area contributed by atoms with Crippen LogP contribution in [0, 0.1) is 5.92 Å². The third kappa shape index (κ3) is 5.37. The first-order valence-corrected chi connectivity index (χ1v) is 5.17. The van der Waals surface area contributed by atoms with Gasteiger partial charge in [0.05, 0.1) is 6.04 Å². The normalized spacial score (nSPS) is 14.7. The van der Waals surface area contributed by atoms with Gasteiger partial charge in [0.2, 0.25) is 5.91 Å². The van der Waals surface area contributed by atoms with Gasteiger partial charge in [-0.3, -0.25) is 4.79 Å². The van der Waals surface area contributed by atoms with Crippen LogP contribution in [0.3, 0.4) is 0 Å². The quantitative estimate of drug-likeness (QED) is 0.597. The number of carboxylic acid groups (broad SMARTS) is 1. The van der Waals surface area contributed by atoms with Gasteiger partial charge < -0.3 is 16.2 Å². The van der Waals surface area contributed by atoms with E-state index in [0.29, 0.717) is 18.8 Å². The summed E-state index contributed by atoms with van der Waals surface area (Å²) >= 11 is 0. The zero-order chi connectivity index (χ0) is 12.0. The van der Waals surface area contributed by atoms with Crippen LogP contribution in [-0.2, 0) is 9.59 Å². The van der Waals surface area contributed by atoms with E-state index in [-0.39, 0.29) is 0 Å². The molecule has 88 valence electrons. The minimum atomic E-state index is -1.03. The van der Waals surface area contributed by atoms with E-state index < -0.39 is 24.0 Å². The fraction of sp³-hybridized carbons (Fsp3) is 0.800. The van der Waals surface area contributed by atoms with Gasteiger partial charge in [0.25, 0.3) is 0 Å². The van der Waals surface area contributed by atoms with Crippen LogP contribution >= 0.6 is 0 Å². The van der Waals surface area contributed by atoms with Gasteiger partial charge in [0.1, 0.15) is 6.04 Å². The number of nitrogens with two attached hydrogens (primary N) is 1. The van der Waals surface area contributed by atoms with E-state index in [1.165, 1.54) is 0 Å². The van der Waals surface area contributed by atoms with Crippen molar-refractivity contribution in [2.45, 2.75) is 45.7 Å². The molecular formula is C10H20N2O3.